The van der Waals surface area contributed by atoms with Crippen LogP contribution in [0.25, 0.3) is 0 Å². The van der Waals surface area contributed by atoms with Crippen LogP contribution in [0.1, 0.15) is 399 Å². The van der Waals surface area contributed by atoms with Crippen molar-refractivity contribution in [1.82, 2.24) is 0 Å². The zero-order chi connectivity index (χ0) is 76.0. The molecule has 0 bridgehead atoms. The van der Waals surface area contributed by atoms with Crippen molar-refractivity contribution in [3.05, 3.63) is 134 Å². The molecule has 9 heteroatoms. The molecular formula is C96H168NO8+. The lowest BCUT2D eigenvalue weighted by Gasteiger charge is -2.25. The van der Waals surface area contributed by atoms with E-state index in [4.69, 9.17) is 18.9 Å². The Kier molecular flexibility index (Phi) is 81.3. The van der Waals surface area contributed by atoms with Crippen LogP contribution in [-0.4, -0.2) is 87.4 Å². The molecule has 0 saturated carbocycles. The van der Waals surface area contributed by atoms with Crippen molar-refractivity contribution in [3.8, 4) is 0 Å². The lowest BCUT2D eigenvalue weighted by Crippen LogP contribution is -2.40. The van der Waals surface area contributed by atoms with Gasteiger partial charge in [-0.2, -0.15) is 0 Å². The number of rotatable bonds is 82. The molecule has 0 aromatic heterocycles. The minimum atomic E-state index is -1.52. The van der Waals surface area contributed by atoms with Gasteiger partial charge in [0, 0.05) is 12.8 Å². The fourth-order valence-electron chi connectivity index (χ4n) is 12.7. The van der Waals surface area contributed by atoms with E-state index in [-0.39, 0.29) is 32.2 Å². The first-order chi connectivity index (χ1) is 51.6. The van der Waals surface area contributed by atoms with Gasteiger partial charge < -0.3 is 28.5 Å². The molecule has 105 heavy (non-hydrogen) atoms. The second-order valence-electron chi connectivity index (χ2n) is 30.8. The predicted molar refractivity (Wildman–Crippen MR) is 456 cm³/mol. The number of unbranched alkanes of at least 4 members (excludes halogenated alkanes) is 45. The number of carbonyl (C=O) groups excluding carboxylic acids is 2. The standard InChI is InChI=1S/C96H167NO8/c1-6-8-10-12-14-16-18-20-22-24-26-28-30-32-34-36-38-40-42-44-46-47-49-51-53-55-57-59-61-63-65-67-69-71-73-75-77-79-81-83-85-87-94(99)105-92(91-104-96(95(100)101)102-89-88-97(3,4)5)90-103-93(98)86-84-82-80-78-76-74-72-70-68-66-64-62-60-58-56-54-52-50-48-45-43-41-39-37-35-33-31-29-27-25-23-21-19-17-15-13-11-9-7-2/h8,10,14,16,19-22,25-28,31-34,38,40,44,46,49,51,92,96H,6-7,9,11-13,15,17-18,23-24,29-30,35-37,39,41-43,45,47-48,50,52-91H2,1-5H3/p+1/b10-8-,16-14-,21-19-,22-20-,27-25-,28-26-,33-31-,34-32-,40-38-,46-44-,51-49-. The van der Waals surface area contributed by atoms with E-state index in [0.717, 1.165) is 103 Å². The summed E-state index contributed by atoms with van der Waals surface area (Å²) in [5.74, 6) is -1.99. The largest absolute Gasteiger partial charge is 0.477 e. The van der Waals surface area contributed by atoms with E-state index in [1.54, 1.807) is 0 Å². The van der Waals surface area contributed by atoms with E-state index >= 15 is 0 Å². The minimum absolute atomic E-state index is 0.182. The third kappa shape index (κ3) is 86.5. The first kappa shape index (κ1) is 100. The van der Waals surface area contributed by atoms with Gasteiger partial charge in [0.25, 0.3) is 6.29 Å². The smallest absolute Gasteiger partial charge is 0.361 e. The van der Waals surface area contributed by atoms with Gasteiger partial charge in [0.05, 0.1) is 34.4 Å². The van der Waals surface area contributed by atoms with Crippen molar-refractivity contribution in [2.75, 3.05) is 47.5 Å². The van der Waals surface area contributed by atoms with Gasteiger partial charge in [0.15, 0.2) is 6.10 Å². The molecule has 0 aliphatic carbocycles. The van der Waals surface area contributed by atoms with Crippen LogP contribution in [0.5, 0.6) is 0 Å². The van der Waals surface area contributed by atoms with Gasteiger partial charge in [-0.1, -0.05) is 404 Å². The van der Waals surface area contributed by atoms with E-state index in [1.807, 2.05) is 21.1 Å². The SMILES string of the molecule is CC/C=C\C/C=C\C/C=C\C/C=C\C/C=C\C/C=C\C/C=C\C/C=C\CCCCCCCCCCCCCCCCCCC(=O)OC(COC(=O)CCCCCCCCCCCCCCCCCCCCCCCCCC/C=C\C/C=C\C/C=C\CCCCCCC)COC(OCC[N+](C)(C)C)C(=O)O. The van der Waals surface area contributed by atoms with Crippen LogP contribution in [0.3, 0.4) is 0 Å². The average molecular weight is 1460 g/mol. The average Bonchev–Trinajstić information content (AvgIpc) is 1.18. The van der Waals surface area contributed by atoms with E-state index in [9.17, 15) is 19.5 Å². The number of nitrogens with zero attached hydrogens (tertiary/aromatic N) is 1. The maximum absolute atomic E-state index is 13.0. The summed E-state index contributed by atoms with van der Waals surface area (Å²) < 4.78 is 23.1. The second-order valence-corrected chi connectivity index (χ2v) is 30.8. The van der Waals surface area contributed by atoms with Gasteiger partial charge in [-0.15, -0.1) is 0 Å². The van der Waals surface area contributed by atoms with Crippen molar-refractivity contribution in [3.63, 3.8) is 0 Å². The number of aliphatic carboxylic acids is 1. The number of carboxylic acids is 1. The molecule has 0 aromatic carbocycles. The molecule has 604 valence electrons. The highest BCUT2D eigenvalue weighted by molar-refractivity contribution is 5.71. The van der Waals surface area contributed by atoms with Crippen LogP contribution < -0.4 is 0 Å². The van der Waals surface area contributed by atoms with E-state index < -0.39 is 24.3 Å². The van der Waals surface area contributed by atoms with Crippen LogP contribution in [0.15, 0.2) is 134 Å². The second kappa shape index (κ2) is 85.0. The molecule has 0 amide bonds. The highest BCUT2D eigenvalue weighted by atomic mass is 16.7. The molecule has 0 aromatic rings. The van der Waals surface area contributed by atoms with Gasteiger partial charge in [-0.25, -0.2) is 4.79 Å². The first-order valence-electron chi connectivity index (χ1n) is 44.3. The molecule has 1 N–H and O–H groups in total. The van der Waals surface area contributed by atoms with Gasteiger partial charge in [-0.3, -0.25) is 9.59 Å². The Balaban J connectivity index is 3.97. The Morgan fingerprint density at radius 2 is 0.543 bits per heavy atom. The molecule has 0 spiro atoms. The van der Waals surface area contributed by atoms with E-state index in [0.29, 0.717) is 17.4 Å². The number of carbonyl (C=O) groups is 3. The van der Waals surface area contributed by atoms with E-state index in [2.05, 4.69) is 148 Å². The molecular weight excluding hydrogens is 1300 g/mol. The zero-order valence-corrected chi connectivity index (χ0v) is 69.4. The van der Waals surface area contributed by atoms with Gasteiger partial charge in [0.2, 0.25) is 0 Å². The Hall–Kier alpha value is -4.57. The first-order valence-corrected chi connectivity index (χ1v) is 44.3. The van der Waals surface area contributed by atoms with Gasteiger partial charge >= 0.3 is 17.9 Å². The molecule has 0 fully saturated rings. The lowest BCUT2D eigenvalue weighted by molar-refractivity contribution is -0.870. The Bertz CT molecular complexity index is 2200. The highest BCUT2D eigenvalue weighted by Crippen LogP contribution is 2.20. The van der Waals surface area contributed by atoms with Gasteiger partial charge in [-0.05, 0) is 116 Å². The number of hydrogen-bond acceptors (Lipinski definition) is 7. The number of quaternary nitrogens is 1. The zero-order valence-electron chi connectivity index (χ0n) is 69.4. The number of hydrogen-bond donors (Lipinski definition) is 1. The van der Waals surface area contributed by atoms with Crippen LogP contribution >= 0.6 is 0 Å². The number of likely N-dealkylation sites (N-methyl/N-ethyl adjacent to an activating group) is 1. The number of carboxylic acid groups (broad SMARTS) is 1. The Labute approximate surface area is 650 Å². The Morgan fingerprint density at radius 1 is 0.295 bits per heavy atom. The van der Waals surface area contributed by atoms with Crippen molar-refractivity contribution in [2.24, 2.45) is 0 Å². The third-order valence-corrected chi connectivity index (χ3v) is 19.4. The molecule has 2 atom stereocenters. The van der Waals surface area contributed by atoms with Crippen LogP contribution in [0, 0.1) is 0 Å². The summed E-state index contributed by atoms with van der Waals surface area (Å²) in [7, 11) is 5.99. The van der Waals surface area contributed by atoms with Crippen molar-refractivity contribution in [1.29, 1.82) is 0 Å². The van der Waals surface area contributed by atoms with Crippen LogP contribution in [0.4, 0.5) is 0 Å². The van der Waals surface area contributed by atoms with Crippen molar-refractivity contribution < 1.29 is 42.9 Å². The minimum Gasteiger partial charge on any atom is -0.477 e. The maximum atomic E-state index is 13.0. The molecule has 0 radical (unpaired) electrons. The topological polar surface area (TPSA) is 108 Å². The summed E-state index contributed by atoms with van der Waals surface area (Å²) in [6.07, 6.45) is 121. The van der Waals surface area contributed by atoms with Crippen molar-refractivity contribution in [2.45, 2.75) is 411 Å². The third-order valence-electron chi connectivity index (χ3n) is 19.4. The molecule has 2 unspecified atom stereocenters. The molecule has 0 saturated heterocycles. The normalized spacial score (nSPS) is 13.3. The van der Waals surface area contributed by atoms with Gasteiger partial charge in [0.1, 0.15) is 13.2 Å². The van der Waals surface area contributed by atoms with Crippen LogP contribution in [0.2, 0.25) is 0 Å². The fourth-order valence-corrected chi connectivity index (χ4v) is 12.7. The maximum Gasteiger partial charge on any atom is 0.361 e. The fraction of sp³-hybridized carbons (Fsp3) is 0.740. The highest BCUT2D eigenvalue weighted by Gasteiger charge is 2.25. The summed E-state index contributed by atoms with van der Waals surface area (Å²) in [6, 6.07) is 0. The predicted octanol–water partition coefficient (Wildman–Crippen LogP) is 29.2. The molecule has 0 rings (SSSR count). The lowest BCUT2D eigenvalue weighted by atomic mass is 10.0. The monoisotopic (exact) mass is 1460 g/mol. The molecule has 0 aliphatic rings. The quantitative estimate of drug-likeness (QED) is 0.0211. The molecule has 9 nitrogen and oxygen atoms in total. The molecule has 0 aliphatic heterocycles. The number of allylic oxidation sites excluding steroid dienone is 22. The summed E-state index contributed by atoms with van der Waals surface area (Å²) in [5, 5.41) is 9.80. The number of ether oxygens (including phenoxy) is 4. The molecule has 0 heterocycles. The summed E-state index contributed by atoms with van der Waals surface area (Å²) in [6.45, 7) is 4.80. The number of esters is 2. The van der Waals surface area contributed by atoms with E-state index in [1.165, 1.54) is 270 Å². The van der Waals surface area contributed by atoms with Crippen molar-refractivity contribution >= 4 is 17.9 Å². The van der Waals surface area contributed by atoms with Crippen LogP contribution in [-0.2, 0) is 33.3 Å². The summed E-state index contributed by atoms with van der Waals surface area (Å²) in [4.78, 5) is 37.8. The summed E-state index contributed by atoms with van der Waals surface area (Å²) in [5.41, 5.74) is 0. The summed E-state index contributed by atoms with van der Waals surface area (Å²) >= 11 is 0. The Morgan fingerprint density at radius 3 is 0.810 bits per heavy atom.